The van der Waals surface area contributed by atoms with Crippen LogP contribution in [0.5, 0.6) is 0 Å². The first-order valence-corrected chi connectivity index (χ1v) is 8.49. The maximum Gasteiger partial charge on any atom is 0.226 e. The molecule has 1 aromatic carbocycles. The van der Waals surface area contributed by atoms with Crippen molar-refractivity contribution in [3.63, 3.8) is 0 Å². The zero-order valence-electron chi connectivity index (χ0n) is 13.4. The molecule has 2 fully saturated rings. The Morgan fingerprint density at radius 3 is 2.75 bits per heavy atom. The molecule has 1 atom stereocenters. The van der Waals surface area contributed by atoms with Gasteiger partial charge in [0.05, 0.1) is 23.6 Å². The maximum atomic E-state index is 12.5. The highest BCUT2D eigenvalue weighted by Crippen LogP contribution is 2.38. The van der Waals surface area contributed by atoms with E-state index < -0.39 is 0 Å². The average Bonchev–Trinajstić information content (AvgIpc) is 3.11. The van der Waals surface area contributed by atoms with E-state index in [9.17, 15) is 9.90 Å². The topological polar surface area (TPSA) is 86.3 Å². The number of nitrogens with zero attached hydrogens (tertiary/aromatic N) is 1. The summed E-state index contributed by atoms with van der Waals surface area (Å²) in [5.41, 5.74) is 7.94. The molecule has 2 heterocycles. The molecule has 1 aliphatic carbocycles. The smallest absolute Gasteiger partial charge is 0.226 e. The minimum absolute atomic E-state index is 0.0482. The molecule has 1 aliphatic heterocycles. The molecule has 1 saturated heterocycles. The largest absolute Gasteiger partial charge is 0.393 e. The first kappa shape index (κ1) is 15.5. The Morgan fingerprint density at radius 1 is 1.25 bits per heavy atom. The third-order valence-corrected chi connectivity index (χ3v) is 5.08. The molecule has 1 saturated carbocycles. The second-order valence-corrected chi connectivity index (χ2v) is 6.79. The van der Waals surface area contributed by atoms with Gasteiger partial charge in [0.25, 0.3) is 0 Å². The highest BCUT2D eigenvalue weighted by molar-refractivity contribution is 5.81. The number of nitrogens with one attached hydrogen (secondary N) is 3. The van der Waals surface area contributed by atoms with E-state index in [1.54, 1.807) is 0 Å². The Labute approximate surface area is 140 Å². The fourth-order valence-electron chi connectivity index (χ4n) is 3.55. The summed E-state index contributed by atoms with van der Waals surface area (Å²) in [6.45, 7) is 1.28. The second kappa shape index (κ2) is 6.47. The lowest BCUT2D eigenvalue weighted by Gasteiger charge is -2.38. The van der Waals surface area contributed by atoms with Gasteiger partial charge < -0.3 is 10.4 Å². The van der Waals surface area contributed by atoms with Crippen LogP contribution in [0.15, 0.2) is 36.5 Å². The van der Waals surface area contributed by atoms with Crippen LogP contribution in [-0.4, -0.2) is 35.2 Å². The third kappa shape index (κ3) is 3.00. The zero-order valence-corrected chi connectivity index (χ0v) is 13.4. The molecule has 0 bridgehead atoms. The third-order valence-electron chi connectivity index (χ3n) is 5.08. The van der Waals surface area contributed by atoms with Crippen LogP contribution in [0.3, 0.4) is 0 Å². The fraction of sp³-hybridized carbons (Fsp3) is 0.444. The van der Waals surface area contributed by atoms with Gasteiger partial charge in [-0.15, -0.1) is 0 Å². The van der Waals surface area contributed by atoms with Crippen molar-refractivity contribution in [2.45, 2.75) is 25.0 Å². The van der Waals surface area contributed by atoms with Crippen molar-refractivity contribution in [1.29, 1.82) is 0 Å². The van der Waals surface area contributed by atoms with Gasteiger partial charge in [-0.3, -0.25) is 20.6 Å². The fourth-order valence-corrected chi connectivity index (χ4v) is 3.55. The van der Waals surface area contributed by atoms with Gasteiger partial charge in [-0.1, -0.05) is 18.2 Å². The van der Waals surface area contributed by atoms with Crippen LogP contribution >= 0.6 is 0 Å². The summed E-state index contributed by atoms with van der Waals surface area (Å²) in [6.07, 6.45) is 3.04. The van der Waals surface area contributed by atoms with Crippen molar-refractivity contribution in [1.82, 2.24) is 21.2 Å². The van der Waals surface area contributed by atoms with Crippen LogP contribution in [0.4, 0.5) is 0 Å². The molecule has 126 valence electrons. The van der Waals surface area contributed by atoms with E-state index >= 15 is 0 Å². The predicted octanol–water partition coefficient (Wildman–Crippen LogP) is 0.887. The Morgan fingerprint density at radius 2 is 2.00 bits per heavy atom. The number of hydrazine groups is 1. The van der Waals surface area contributed by atoms with E-state index in [1.165, 1.54) is 0 Å². The maximum absolute atomic E-state index is 12.5. The second-order valence-electron chi connectivity index (χ2n) is 6.79. The number of pyridine rings is 1. The van der Waals surface area contributed by atoms with Crippen LogP contribution in [0.1, 0.15) is 24.4 Å². The quantitative estimate of drug-likeness (QED) is 0.670. The van der Waals surface area contributed by atoms with Gasteiger partial charge in [0.2, 0.25) is 5.91 Å². The lowest BCUT2D eigenvalue weighted by molar-refractivity contribution is -0.126. The normalized spacial score (nSPS) is 25.4. The molecule has 0 spiro atoms. The predicted molar refractivity (Wildman–Crippen MR) is 90.9 cm³/mol. The summed E-state index contributed by atoms with van der Waals surface area (Å²) in [7, 11) is 0. The minimum Gasteiger partial charge on any atom is -0.393 e. The van der Waals surface area contributed by atoms with Crippen LogP contribution in [0, 0.1) is 11.8 Å². The van der Waals surface area contributed by atoms with Crippen LogP contribution in [0.25, 0.3) is 10.9 Å². The summed E-state index contributed by atoms with van der Waals surface area (Å²) in [4.78, 5) is 17.1. The highest BCUT2D eigenvalue weighted by atomic mass is 16.3. The van der Waals surface area contributed by atoms with Crippen LogP contribution in [-0.2, 0) is 4.79 Å². The van der Waals surface area contributed by atoms with E-state index in [-0.39, 0.29) is 29.9 Å². The van der Waals surface area contributed by atoms with Crippen molar-refractivity contribution in [3.05, 3.63) is 42.1 Å². The SMILES string of the molecule is O=C(NC(c1cnc2ccccc2c1)C1CC(O)C1)C1CNNC1. The number of fused-ring (bicyclic) bond motifs is 1. The molecule has 4 N–H and O–H groups in total. The Kier molecular flexibility index (Phi) is 4.18. The molecule has 6 nitrogen and oxygen atoms in total. The van der Waals surface area contributed by atoms with Crippen molar-refractivity contribution in [2.75, 3.05) is 13.1 Å². The molecule has 2 aliphatic rings. The molecule has 1 amide bonds. The number of carbonyl (C=O) groups excluding carboxylic acids is 1. The Hall–Kier alpha value is -2.02. The van der Waals surface area contributed by atoms with E-state index in [4.69, 9.17) is 0 Å². The average molecular weight is 326 g/mol. The van der Waals surface area contributed by atoms with Gasteiger partial charge in [-0.2, -0.15) is 0 Å². The lowest BCUT2D eigenvalue weighted by Crippen LogP contribution is -2.44. The summed E-state index contributed by atoms with van der Waals surface area (Å²) >= 11 is 0. The number of aliphatic hydroxyl groups is 1. The zero-order chi connectivity index (χ0) is 16.5. The van der Waals surface area contributed by atoms with E-state index in [0.717, 1.165) is 29.3 Å². The summed E-state index contributed by atoms with van der Waals surface area (Å²) < 4.78 is 0. The van der Waals surface area contributed by atoms with E-state index in [2.05, 4.69) is 27.2 Å². The minimum atomic E-state index is -0.252. The molecule has 24 heavy (non-hydrogen) atoms. The standard InChI is InChI=1S/C18H22N4O2/c23-15-6-12(7-15)17(22-18(24)14-9-20-21-10-14)13-5-11-3-1-2-4-16(11)19-8-13/h1-5,8,12,14-15,17,20-21,23H,6-7,9-10H2,(H,22,24). The van der Waals surface area contributed by atoms with Crippen molar-refractivity contribution >= 4 is 16.8 Å². The van der Waals surface area contributed by atoms with E-state index in [1.807, 2.05) is 30.5 Å². The Bertz CT molecular complexity index is 739. The van der Waals surface area contributed by atoms with Crippen molar-refractivity contribution < 1.29 is 9.90 Å². The lowest BCUT2D eigenvalue weighted by atomic mass is 9.75. The van der Waals surface area contributed by atoms with Crippen LogP contribution in [0.2, 0.25) is 0 Å². The van der Waals surface area contributed by atoms with Crippen LogP contribution < -0.4 is 16.2 Å². The number of aromatic nitrogens is 1. The summed E-state index contributed by atoms with van der Waals surface area (Å²) in [5.74, 6) is 0.243. The monoisotopic (exact) mass is 326 g/mol. The summed E-state index contributed by atoms with van der Waals surface area (Å²) in [5, 5.41) is 13.9. The number of carbonyl (C=O) groups is 1. The number of amides is 1. The molecule has 1 aromatic heterocycles. The molecule has 6 heteroatoms. The number of hydrogen-bond acceptors (Lipinski definition) is 5. The van der Waals surface area contributed by atoms with Gasteiger partial charge in [0.15, 0.2) is 0 Å². The van der Waals surface area contributed by atoms with Crippen molar-refractivity contribution in [2.24, 2.45) is 11.8 Å². The van der Waals surface area contributed by atoms with Gasteiger partial charge in [-0.05, 0) is 36.5 Å². The molecule has 0 radical (unpaired) electrons. The summed E-state index contributed by atoms with van der Waals surface area (Å²) in [6, 6.07) is 9.98. The highest BCUT2D eigenvalue weighted by Gasteiger charge is 2.37. The first-order chi connectivity index (χ1) is 11.7. The number of hydrogen-bond donors (Lipinski definition) is 4. The number of aliphatic hydroxyl groups excluding tert-OH is 1. The van der Waals surface area contributed by atoms with Gasteiger partial charge in [-0.25, -0.2) is 0 Å². The number of rotatable bonds is 4. The number of benzene rings is 1. The van der Waals surface area contributed by atoms with Crippen molar-refractivity contribution in [3.8, 4) is 0 Å². The van der Waals surface area contributed by atoms with Gasteiger partial charge >= 0.3 is 0 Å². The molecular weight excluding hydrogens is 304 g/mol. The van der Waals surface area contributed by atoms with Gasteiger partial charge in [0.1, 0.15) is 0 Å². The van der Waals surface area contributed by atoms with E-state index in [0.29, 0.717) is 13.1 Å². The van der Waals surface area contributed by atoms with Gasteiger partial charge in [0, 0.05) is 24.7 Å². The molecular formula is C18H22N4O2. The molecule has 2 aromatic rings. The molecule has 1 unspecified atom stereocenters. The Balaban J connectivity index is 1.59. The number of para-hydroxylation sites is 1. The molecule has 4 rings (SSSR count). The first-order valence-electron chi connectivity index (χ1n) is 8.49.